The predicted octanol–water partition coefficient (Wildman–Crippen LogP) is 1.20. The Morgan fingerprint density at radius 3 is 3.00 bits per heavy atom. The Morgan fingerprint density at radius 1 is 1.48 bits per heavy atom. The lowest BCUT2D eigenvalue weighted by molar-refractivity contribution is -0.139. The highest BCUT2D eigenvalue weighted by Crippen LogP contribution is 2.21. The Morgan fingerprint density at radius 2 is 2.30 bits per heavy atom. The third-order valence-electron chi connectivity index (χ3n) is 3.28. The fraction of sp³-hybridized carbons (Fsp3) is 0.400. The summed E-state index contributed by atoms with van der Waals surface area (Å²) in [4.78, 5) is 23.3. The molecule has 0 bridgehead atoms. The van der Waals surface area contributed by atoms with Gasteiger partial charge < -0.3 is 14.8 Å². The molecular weight excluding hydrogens is 366 g/mol. The number of rotatable bonds is 5. The Labute approximate surface area is 142 Å². The molecule has 1 fully saturated rings. The molecule has 1 aromatic carbocycles. The Balaban J connectivity index is 1.83. The fourth-order valence-corrected chi connectivity index (χ4v) is 2.49. The molecule has 2 rings (SSSR count). The van der Waals surface area contributed by atoms with Crippen molar-refractivity contribution < 1.29 is 19.1 Å². The molecular formula is C15H18BrN3O4. The van der Waals surface area contributed by atoms with E-state index in [4.69, 9.17) is 9.47 Å². The van der Waals surface area contributed by atoms with Gasteiger partial charge in [0.05, 0.1) is 19.4 Å². The van der Waals surface area contributed by atoms with E-state index in [1.807, 2.05) is 6.07 Å². The highest BCUT2D eigenvalue weighted by molar-refractivity contribution is 9.10. The van der Waals surface area contributed by atoms with Crippen LogP contribution in [-0.4, -0.2) is 44.4 Å². The number of methoxy groups -OCH3 is 1. The minimum atomic E-state index is -0.826. The molecule has 0 aromatic heterocycles. The van der Waals surface area contributed by atoms with Gasteiger partial charge in [-0.05, 0) is 31.0 Å². The minimum absolute atomic E-state index is 0.0128. The summed E-state index contributed by atoms with van der Waals surface area (Å²) in [5, 5.41) is 6.30. The number of amides is 2. The van der Waals surface area contributed by atoms with Gasteiger partial charge in [-0.3, -0.25) is 9.59 Å². The smallest absolute Gasteiger partial charge is 0.329 e. The number of hydrogen-bond donors (Lipinski definition) is 2. The van der Waals surface area contributed by atoms with Crippen LogP contribution in [0.5, 0.6) is 5.75 Å². The van der Waals surface area contributed by atoms with Crippen molar-refractivity contribution in [3.8, 4) is 5.75 Å². The molecule has 1 aliphatic rings. The molecule has 124 valence electrons. The van der Waals surface area contributed by atoms with Gasteiger partial charge in [-0.1, -0.05) is 15.9 Å². The molecule has 2 N–H and O–H groups in total. The summed E-state index contributed by atoms with van der Waals surface area (Å²) in [6, 6.07) is 5.38. The van der Waals surface area contributed by atoms with E-state index in [-0.39, 0.29) is 6.10 Å². The van der Waals surface area contributed by atoms with Crippen LogP contribution in [0, 0.1) is 0 Å². The van der Waals surface area contributed by atoms with Crippen LogP contribution in [0.3, 0.4) is 0 Å². The summed E-state index contributed by atoms with van der Waals surface area (Å²) in [6.45, 7) is 1.03. The first-order chi connectivity index (χ1) is 11.1. The molecule has 1 atom stereocenters. The van der Waals surface area contributed by atoms with Crippen LogP contribution in [0.2, 0.25) is 0 Å². The molecule has 1 aromatic rings. The summed E-state index contributed by atoms with van der Waals surface area (Å²) in [7, 11) is 1.54. The largest absolute Gasteiger partial charge is 0.496 e. The topological polar surface area (TPSA) is 89.0 Å². The molecule has 0 unspecified atom stereocenters. The van der Waals surface area contributed by atoms with E-state index in [1.165, 1.54) is 13.3 Å². The molecule has 0 saturated carbocycles. The molecule has 1 aliphatic heterocycles. The third-order valence-corrected chi connectivity index (χ3v) is 3.78. The van der Waals surface area contributed by atoms with E-state index >= 15 is 0 Å². The maximum absolute atomic E-state index is 11.6. The SMILES string of the molecule is COc1ccc(Br)cc1/C=N\NC(=O)C(=O)NC[C@@H]1CCCO1. The number of ether oxygens (including phenoxy) is 2. The number of halogens is 1. The zero-order chi connectivity index (χ0) is 16.7. The number of carbonyl (C=O) groups excluding carboxylic acids is 2. The van der Waals surface area contributed by atoms with E-state index < -0.39 is 11.8 Å². The average molecular weight is 384 g/mol. The first kappa shape index (κ1) is 17.4. The number of nitrogens with zero attached hydrogens (tertiary/aromatic N) is 1. The summed E-state index contributed by atoms with van der Waals surface area (Å²) in [5.74, 6) is -0.957. The monoisotopic (exact) mass is 383 g/mol. The molecule has 7 nitrogen and oxygen atoms in total. The van der Waals surface area contributed by atoms with Crippen molar-refractivity contribution in [2.24, 2.45) is 5.10 Å². The van der Waals surface area contributed by atoms with Gasteiger partial charge >= 0.3 is 11.8 Å². The zero-order valence-corrected chi connectivity index (χ0v) is 14.3. The van der Waals surface area contributed by atoms with Crippen LogP contribution in [0.15, 0.2) is 27.8 Å². The summed E-state index contributed by atoms with van der Waals surface area (Å²) in [5.41, 5.74) is 2.85. The van der Waals surface area contributed by atoms with Crippen molar-refractivity contribution in [3.63, 3.8) is 0 Å². The maximum Gasteiger partial charge on any atom is 0.329 e. The number of benzene rings is 1. The van der Waals surface area contributed by atoms with E-state index in [0.29, 0.717) is 24.5 Å². The molecule has 8 heteroatoms. The van der Waals surface area contributed by atoms with Gasteiger partial charge in [-0.15, -0.1) is 0 Å². The number of hydrogen-bond acceptors (Lipinski definition) is 5. The second-order valence-electron chi connectivity index (χ2n) is 4.93. The van der Waals surface area contributed by atoms with Crippen molar-refractivity contribution in [1.82, 2.24) is 10.7 Å². The molecule has 1 saturated heterocycles. The quantitative estimate of drug-likeness (QED) is 0.454. The van der Waals surface area contributed by atoms with E-state index in [2.05, 4.69) is 31.8 Å². The lowest BCUT2D eigenvalue weighted by Gasteiger charge is -2.09. The van der Waals surface area contributed by atoms with Crippen molar-refractivity contribution in [2.75, 3.05) is 20.3 Å². The number of nitrogens with one attached hydrogen (secondary N) is 2. The number of hydrazone groups is 1. The normalized spacial score (nSPS) is 17.2. The van der Waals surface area contributed by atoms with Crippen LogP contribution in [0.1, 0.15) is 18.4 Å². The molecule has 0 aliphatic carbocycles. The maximum atomic E-state index is 11.6. The van der Waals surface area contributed by atoms with Crippen LogP contribution in [0.25, 0.3) is 0 Å². The lowest BCUT2D eigenvalue weighted by Crippen LogP contribution is -2.41. The Hall–Kier alpha value is -1.93. The molecule has 0 spiro atoms. The zero-order valence-electron chi connectivity index (χ0n) is 12.7. The molecule has 1 heterocycles. The van der Waals surface area contributed by atoms with Gasteiger partial charge in [0, 0.05) is 23.2 Å². The van der Waals surface area contributed by atoms with Gasteiger partial charge in [0.25, 0.3) is 0 Å². The number of carbonyl (C=O) groups is 2. The Bertz CT molecular complexity index is 600. The third kappa shape index (κ3) is 5.33. The van der Waals surface area contributed by atoms with E-state index in [1.54, 1.807) is 12.1 Å². The second kappa shape index (κ2) is 8.64. The highest BCUT2D eigenvalue weighted by Gasteiger charge is 2.18. The van der Waals surface area contributed by atoms with E-state index in [0.717, 1.165) is 17.3 Å². The summed E-state index contributed by atoms with van der Waals surface area (Å²) >= 11 is 3.34. The van der Waals surface area contributed by atoms with Crippen LogP contribution in [-0.2, 0) is 14.3 Å². The second-order valence-corrected chi connectivity index (χ2v) is 5.85. The van der Waals surface area contributed by atoms with Gasteiger partial charge in [0.1, 0.15) is 5.75 Å². The highest BCUT2D eigenvalue weighted by atomic mass is 79.9. The molecule has 2 amide bonds. The van der Waals surface area contributed by atoms with Gasteiger partial charge in [0.15, 0.2) is 0 Å². The van der Waals surface area contributed by atoms with Crippen LogP contribution in [0.4, 0.5) is 0 Å². The average Bonchev–Trinajstić information content (AvgIpc) is 3.06. The van der Waals surface area contributed by atoms with Gasteiger partial charge in [-0.2, -0.15) is 5.10 Å². The molecule has 0 radical (unpaired) electrons. The lowest BCUT2D eigenvalue weighted by atomic mass is 10.2. The fourth-order valence-electron chi connectivity index (χ4n) is 2.11. The standard InChI is InChI=1S/C15H18BrN3O4/c1-22-13-5-4-11(16)7-10(13)8-18-19-15(21)14(20)17-9-12-3-2-6-23-12/h4-5,7-8,12H,2-3,6,9H2,1H3,(H,17,20)(H,19,21)/b18-8-/t12-/m0/s1. The first-order valence-corrected chi connectivity index (χ1v) is 7.96. The molecule has 23 heavy (non-hydrogen) atoms. The van der Waals surface area contributed by atoms with Crippen molar-refractivity contribution in [3.05, 3.63) is 28.2 Å². The minimum Gasteiger partial charge on any atom is -0.496 e. The van der Waals surface area contributed by atoms with Crippen molar-refractivity contribution in [1.29, 1.82) is 0 Å². The van der Waals surface area contributed by atoms with Gasteiger partial charge in [0.2, 0.25) is 0 Å². The van der Waals surface area contributed by atoms with E-state index in [9.17, 15) is 9.59 Å². The Kier molecular flexibility index (Phi) is 6.54. The summed E-state index contributed by atoms with van der Waals surface area (Å²) < 4.78 is 11.4. The predicted molar refractivity (Wildman–Crippen MR) is 88.4 cm³/mol. The van der Waals surface area contributed by atoms with Crippen molar-refractivity contribution in [2.45, 2.75) is 18.9 Å². The van der Waals surface area contributed by atoms with Crippen LogP contribution < -0.4 is 15.5 Å². The first-order valence-electron chi connectivity index (χ1n) is 7.16. The summed E-state index contributed by atoms with van der Waals surface area (Å²) in [6.07, 6.45) is 3.27. The van der Waals surface area contributed by atoms with Crippen LogP contribution >= 0.6 is 15.9 Å². The van der Waals surface area contributed by atoms with Crippen molar-refractivity contribution >= 4 is 34.0 Å². The van der Waals surface area contributed by atoms with Gasteiger partial charge in [-0.25, -0.2) is 5.43 Å².